The highest BCUT2D eigenvalue weighted by atomic mass is 32.2. The van der Waals surface area contributed by atoms with Gasteiger partial charge in [0.15, 0.2) is 5.11 Å². The Kier molecular flexibility index (Phi) is 4.68. The molecule has 1 atom stereocenters. The molecule has 7 nitrogen and oxygen atoms in total. The van der Waals surface area contributed by atoms with Gasteiger partial charge in [-0.2, -0.15) is 0 Å². The summed E-state index contributed by atoms with van der Waals surface area (Å²) in [6.07, 6.45) is 1.22. The number of thiocarbonyl (C=S) groups is 1. The van der Waals surface area contributed by atoms with Crippen LogP contribution in [0.25, 0.3) is 0 Å². The van der Waals surface area contributed by atoms with Crippen LogP contribution in [0.1, 0.15) is 11.1 Å². The number of amides is 4. The molecular formula is C17H15N3O4S2. The van der Waals surface area contributed by atoms with Gasteiger partial charge >= 0.3 is 0 Å². The molecule has 4 amide bonds. The second kappa shape index (κ2) is 6.65. The Bertz CT molecular complexity index is 909. The molecule has 1 N–H and O–H groups in total. The molecule has 2 fully saturated rings. The maximum absolute atomic E-state index is 12.9. The van der Waals surface area contributed by atoms with E-state index in [1.165, 1.54) is 18.0 Å². The van der Waals surface area contributed by atoms with Crippen LogP contribution >= 0.6 is 24.0 Å². The van der Waals surface area contributed by atoms with Crippen LogP contribution < -0.4 is 10.2 Å². The SMILES string of the molecule is Cc1ccc(N2C(=O)[C@@H](/C=C3/SC(=O)N(C)C3=O)C(=O)NC2=S)cc1C. The number of thioether (sulfide) groups is 1. The summed E-state index contributed by atoms with van der Waals surface area (Å²) in [6, 6.07) is 5.39. The van der Waals surface area contributed by atoms with E-state index >= 15 is 0 Å². The predicted octanol–water partition coefficient (Wildman–Crippen LogP) is 1.88. The summed E-state index contributed by atoms with van der Waals surface area (Å²) in [7, 11) is 1.35. The highest BCUT2D eigenvalue weighted by Gasteiger charge is 2.41. The molecule has 0 unspecified atom stereocenters. The first kappa shape index (κ1) is 18.3. The smallest absolute Gasteiger partial charge is 0.293 e. The van der Waals surface area contributed by atoms with E-state index in [0.29, 0.717) is 17.4 Å². The van der Waals surface area contributed by atoms with Crippen LogP contribution in [-0.2, 0) is 14.4 Å². The fourth-order valence-corrected chi connectivity index (χ4v) is 3.69. The molecule has 3 rings (SSSR count). The molecule has 26 heavy (non-hydrogen) atoms. The lowest BCUT2D eigenvalue weighted by Gasteiger charge is -2.31. The van der Waals surface area contributed by atoms with Crippen molar-refractivity contribution in [1.29, 1.82) is 0 Å². The van der Waals surface area contributed by atoms with Crippen LogP contribution in [0.4, 0.5) is 10.5 Å². The van der Waals surface area contributed by atoms with Gasteiger partial charge in [0.05, 0.1) is 10.6 Å². The lowest BCUT2D eigenvalue weighted by Crippen LogP contribution is -2.57. The summed E-state index contributed by atoms with van der Waals surface area (Å²) in [5, 5.41) is 2.02. The van der Waals surface area contributed by atoms with Crippen molar-refractivity contribution >= 4 is 57.7 Å². The molecule has 0 saturated carbocycles. The van der Waals surface area contributed by atoms with Gasteiger partial charge in [-0.3, -0.25) is 29.0 Å². The number of carbonyl (C=O) groups is 4. The van der Waals surface area contributed by atoms with Crippen molar-refractivity contribution in [3.8, 4) is 0 Å². The van der Waals surface area contributed by atoms with E-state index in [0.717, 1.165) is 16.0 Å². The van der Waals surface area contributed by atoms with Gasteiger partial charge in [-0.05, 0) is 67.2 Å². The van der Waals surface area contributed by atoms with Crippen molar-refractivity contribution in [2.45, 2.75) is 13.8 Å². The summed E-state index contributed by atoms with van der Waals surface area (Å²) >= 11 is 5.85. The third kappa shape index (κ3) is 3.04. The lowest BCUT2D eigenvalue weighted by molar-refractivity contribution is -0.131. The second-order valence-corrected chi connectivity index (χ2v) is 7.36. The number of hydrogen-bond donors (Lipinski definition) is 1. The first-order valence-electron chi connectivity index (χ1n) is 7.68. The Morgan fingerprint density at radius 2 is 1.85 bits per heavy atom. The molecule has 2 heterocycles. The van der Waals surface area contributed by atoms with Crippen molar-refractivity contribution < 1.29 is 19.2 Å². The monoisotopic (exact) mass is 389 g/mol. The first-order valence-corrected chi connectivity index (χ1v) is 8.91. The fraction of sp³-hybridized carbons (Fsp3) is 0.235. The number of aryl methyl sites for hydroxylation is 2. The van der Waals surface area contributed by atoms with Crippen molar-refractivity contribution in [2.75, 3.05) is 11.9 Å². The van der Waals surface area contributed by atoms with Crippen LogP contribution in [0.15, 0.2) is 29.2 Å². The number of anilines is 1. The molecular weight excluding hydrogens is 374 g/mol. The summed E-state index contributed by atoms with van der Waals surface area (Å²) in [6.45, 7) is 3.85. The molecule has 0 aromatic heterocycles. The van der Waals surface area contributed by atoms with Crippen LogP contribution in [0.2, 0.25) is 0 Å². The number of benzene rings is 1. The third-order valence-corrected chi connectivity index (χ3v) is 5.52. The molecule has 2 saturated heterocycles. The number of hydrogen-bond acceptors (Lipinski definition) is 6. The van der Waals surface area contributed by atoms with Crippen molar-refractivity contribution in [1.82, 2.24) is 10.2 Å². The largest absolute Gasteiger partial charge is 0.301 e. The van der Waals surface area contributed by atoms with Gasteiger partial charge in [-0.25, -0.2) is 0 Å². The maximum Gasteiger partial charge on any atom is 0.293 e. The van der Waals surface area contributed by atoms with Crippen molar-refractivity contribution in [3.63, 3.8) is 0 Å². The average molecular weight is 389 g/mol. The van der Waals surface area contributed by atoms with Crippen LogP contribution in [0, 0.1) is 19.8 Å². The van der Waals surface area contributed by atoms with Gasteiger partial charge < -0.3 is 5.32 Å². The number of nitrogens with zero attached hydrogens (tertiary/aromatic N) is 2. The molecule has 9 heteroatoms. The lowest BCUT2D eigenvalue weighted by atomic mass is 10.0. The topological polar surface area (TPSA) is 86.8 Å². The summed E-state index contributed by atoms with van der Waals surface area (Å²) in [4.78, 5) is 51.1. The molecule has 2 aliphatic heterocycles. The van der Waals surface area contributed by atoms with Gasteiger partial charge in [-0.15, -0.1) is 0 Å². The second-order valence-electron chi connectivity index (χ2n) is 5.98. The minimum atomic E-state index is -1.24. The molecule has 0 spiro atoms. The van der Waals surface area contributed by atoms with Gasteiger partial charge in [0.25, 0.3) is 11.1 Å². The Hall–Kier alpha value is -2.52. The van der Waals surface area contributed by atoms with Crippen molar-refractivity contribution in [3.05, 3.63) is 40.3 Å². The van der Waals surface area contributed by atoms with E-state index in [9.17, 15) is 19.2 Å². The Morgan fingerprint density at radius 1 is 1.15 bits per heavy atom. The molecule has 2 aliphatic rings. The Morgan fingerprint density at radius 3 is 2.42 bits per heavy atom. The van der Waals surface area contributed by atoms with E-state index in [1.54, 1.807) is 12.1 Å². The number of likely N-dealkylation sites (N-methyl/N-ethyl adjacent to an activating group) is 1. The molecule has 1 aromatic carbocycles. The minimum Gasteiger partial charge on any atom is -0.301 e. The normalized spacial score (nSPS) is 22.5. The third-order valence-electron chi connectivity index (χ3n) is 4.26. The zero-order valence-electron chi connectivity index (χ0n) is 14.2. The average Bonchev–Trinajstić information content (AvgIpc) is 2.81. The van der Waals surface area contributed by atoms with Crippen LogP contribution in [0.5, 0.6) is 0 Å². The summed E-state index contributed by atoms with van der Waals surface area (Å²) in [5.74, 6) is -2.96. The molecule has 0 radical (unpaired) electrons. The zero-order chi connectivity index (χ0) is 19.2. The van der Waals surface area contributed by atoms with Crippen LogP contribution in [-0.4, -0.2) is 40.0 Å². The van der Waals surface area contributed by atoms with E-state index in [-0.39, 0.29) is 10.0 Å². The quantitative estimate of drug-likeness (QED) is 0.472. The summed E-state index contributed by atoms with van der Waals surface area (Å²) < 4.78 is 0. The Balaban J connectivity index is 1.97. The predicted molar refractivity (Wildman–Crippen MR) is 101 cm³/mol. The van der Waals surface area contributed by atoms with Gasteiger partial charge in [0, 0.05) is 7.05 Å². The van der Waals surface area contributed by atoms with Gasteiger partial charge in [0.1, 0.15) is 5.92 Å². The number of carbonyl (C=O) groups excluding carboxylic acids is 4. The van der Waals surface area contributed by atoms with Gasteiger partial charge in [0.2, 0.25) is 11.8 Å². The van der Waals surface area contributed by atoms with E-state index < -0.39 is 28.9 Å². The molecule has 1 aromatic rings. The number of nitrogens with one attached hydrogen (secondary N) is 1. The van der Waals surface area contributed by atoms with Gasteiger partial charge in [-0.1, -0.05) is 6.07 Å². The molecule has 134 valence electrons. The highest BCUT2D eigenvalue weighted by Crippen LogP contribution is 2.32. The Labute approximate surface area is 159 Å². The number of imide groups is 1. The van der Waals surface area contributed by atoms with E-state index in [4.69, 9.17) is 12.2 Å². The van der Waals surface area contributed by atoms with Crippen LogP contribution in [0.3, 0.4) is 0 Å². The van der Waals surface area contributed by atoms with E-state index in [1.807, 2.05) is 19.9 Å². The van der Waals surface area contributed by atoms with Crippen molar-refractivity contribution in [2.24, 2.45) is 5.92 Å². The minimum absolute atomic E-state index is 0.0171. The highest BCUT2D eigenvalue weighted by molar-refractivity contribution is 8.18. The molecule has 0 bridgehead atoms. The number of rotatable bonds is 2. The fourth-order valence-electron chi connectivity index (χ4n) is 2.56. The standard InChI is InChI=1S/C17H15N3O4S2/c1-8-4-5-10(6-9(8)2)20-14(22)11(13(21)18-16(20)25)7-12-15(23)19(3)17(24)26-12/h4-7,11H,1-3H3,(H,18,21,25)/b12-7+/t11-/m0/s1. The van der Waals surface area contributed by atoms with E-state index in [2.05, 4.69) is 5.32 Å². The molecule has 0 aliphatic carbocycles. The summed E-state index contributed by atoms with van der Waals surface area (Å²) in [5.41, 5.74) is 2.56. The first-order chi connectivity index (χ1) is 12.2. The maximum atomic E-state index is 12.9. The zero-order valence-corrected chi connectivity index (χ0v) is 15.9.